The van der Waals surface area contributed by atoms with E-state index in [-0.39, 0.29) is 5.91 Å². The molecule has 1 unspecified atom stereocenters. The van der Waals surface area contributed by atoms with Crippen LogP contribution in [0.25, 0.3) is 0 Å². The van der Waals surface area contributed by atoms with E-state index in [1.807, 2.05) is 97.1 Å². The average Bonchev–Trinajstić information content (AvgIpc) is 2.84. The monoisotopic (exact) mass is 503 g/mol. The van der Waals surface area contributed by atoms with Gasteiger partial charge in [-0.2, -0.15) is 0 Å². The van der Waals surface area contributed by atoms with Gasteiger partial charge in [-0.25, -0.2) is 0 Å². The van der Waals surface area contributed by atoms with Crippen molar-refractivity contribution >= 4 is 63.7 Å². The van der Waals surface area contributed by atoms with Gasteiger partial charge in [-0.3, -0.25) is 4.79 Å². The van der Waals surface area contributed by atoms with Crippen LogP contribution in [0.1, 0.15) is 10.8 Å². The summed E-state index contributed by atoms with van der Waals surface area (Å²) in [6.07, 6.45) is 0. The van der Waals surface area contributed by atoms with E-state index in [0.717, 1.165) is 21.8 Å². The Morgan fingerprint density at radius 2 is 1.29 bits per heavy atom. The topological polar surface area (TPSA) is 53.2 Å². The van der Waals surface area contributed by atoms with Gasteiger partial charge >= 0.3 is 0 Å². The van der Waals surface area contributed by atoms with E-state index in [0.29, 0.717) is 15.8 Å². The molecule has 4 aromatic carbocycles. The number of hydrogen-bond acceptors (Lipinski definition) is 3. The number of thioether (sulfide) groups is 1. The molecule has 4 nitrogen and oxygen atoms in total. The minimum absolute atomic E-state index is 0.117. The number of thiocarbonyl (C=S) groups is 1. The lowest BCUT2D eigenvalue weighted by Crippen LogP contribution is -2.19. The predicted octanol–water partition coefficient (Wildman–Crippen LogP) is 7.62. The lowest BCUT2D eigenvalue weighted by Gasteiger charge is -2.18. The Labute approximate surface area is 213 Å². The van der Waals surface area contributed by atoms with Crippen molar-refractivity contribution in [3.05, 3.63) is 120 Å². The zero-order chi connectivity index (χ0) is 23.8. The predicted molar refractivity (Wildman–Crippen MR) is 148 cm³/mol. The lowest BCUT2D eigenvalue weighted by molar-refractivity contribution is -0.115. The number of benzene rings is 4. The maximum Gasteiger partial charge on any atom is 0.242 e. The van der Waals surface area contributed by atoms with Gasteiger partial charge in [0.1, 0.15) is 5.25 Å². The van der Waals surface area contributed by atoms with E-state index in [9.17, 15) is 4.79 Å². The summed E-state index contributed by atoms with van der Waals surface area (Å²) in [7, 11) is 0. The molecular formula is C27H22ClN3OS2. The summed E-state index contributed by atoms with van der Waals surface area (Å²) >= 11 is 13.0. The van der Waals surface area contributed by atoms with Crippen molar-refractivity contribution in [3.63, 3.8) is 0 Å². The van der Waals surface area contributed by atoms with E-state index >= 15 is 0 Å². The van der Waals surface area contributed by atoms with E-state index in [1.165, 1.54) is 11.8 Å². The molecule has 0 bridgehead atoms. The summed E-state index contributed by atoms with van der Waals surface area (Å²) in [4.78, 5) is 14.2. The van der Waals surface area contributed by atoms with E-state index in [2.05, 4.69) is 16.0 Å². The van der Waals surface area contributed by atoms with Crippen LogP contribution in [0.5, 0.6) is 0 Å². The summed E-state index contributed by atoms with van der Waals surface area (Å²) in [5, 5.41) is 9.97. The average molecular weight is 504 g/mol. The first kappa shape index (κ1) is 23.8. The third kappa shape index (κ3) is 6.84. The standard InChI is InChI=1S/C27H22ClN3OS2/c28-20-10-7-13-23(18-20)29-26(32)25(19-8-3-1-4-9-19)34-24-16-14-22(15-17-24)31-27(33)30-21-11-5-2-6-12-21/h1-18,25H,(H,29,32)(H2,30,31,33). The Bertz CT molecular complexity index is 1250. The highest BCUT2D eigenvalue weighted by Crippen LogP contribution is 2.37. The summed E-state index contributed by atoms with van der Waals surface area (Å²) in [6.45, 7) is 0. The summed E-state index contributed by atoms with van der Waals surface area (Å²) in [6, 6.07) is 34.4. The van der Waals surface area contributed by atoms with Crippen molar-refractivity contribution in [2.75, 3.05) is 16.0 Å². The zero-order valence-corrected chi connectivity index (χ0v) is 20.5. The van der Waals surface area contributed by atoms with Crippen molar-refractivity contribution in [2.45, 2.75) is 10.1 Å². The maximum atomic E-state index is 13.2. The zero-order valence-electron chi connectivity index (χ0n) is 18.1. The van der Waals surface area contributed by atoms with Crippen LogP contribution in [0.15, 0.2) is 114 Å². The molecule has 1 amide bonds. The third-order valence-electron chi connectivity index (χ3n) is 4.83. The molecule has 0 aromatic heterocycles. The Morgan fingerprint density at radius 3 is 1.94 bits per heavy atom. The first-order chi connectivity index (χ1) is 16.6. The first-order valence-electron chi connectivity index (χ1n) is 10.6. The number of amides is 1. The van der Waals surface area contributed by atoms with Crippen LogP contribution in [-0.4, -0.2) is 11.0 Å². The normalized spacial score (nSPS) is 11.3. The highest BCUT2D eigenvalue weighted by atomic mass is 35.5. The van der Waals surface area contributed by atoms with Gasteiger partial charge in [-0.05, 0) is 72.4 Å². The Hall–Kier alpha value is -3.32. The molecule has 3 N–H and O–H groups in total. The molecular weight excluding hydrogens is 482 g/mol. The Balaban J connectivity index is 1.44. The number of hydrogen-bond donors (Lipinski definition) is 3. The molecule has 0 radical (unpaired) electrons. The second kappa shape index (κ2) is 11.7. The number of anilines is 3. The van der Waals surface area contributed by atoms with Crippen LogP contribution in [-0.2, 0) is 4.79 Å². The van der Waals surface area contributed by atoms with Crippen LogP contribution in [0.4, 0.5) is 17.1 Å². The summed E-state index contributed by atoms with van der Waals surface area (Å²) < 4.78 is 0. The SMILES string of the molecule is O=C(Nc1cccc(Cl)c1)C(Sc1ccc(NC(=S)Nc2ccccc2)cc1)c1ccccc1. The lowest BCUT2D eigenvalue weighted by atomic mass is 10.1. The van der Waals surface area contributed by atoms with Crippen molar-refractivity contribution in [1.29, 1.82) is 0 Å². The molecule has 0 aliphatic rings. The molecule has 0 spiro atoms. The fourth-order valence-electron chi connectivity index (χ4n) is 3.24. The maximum absolute atomic E-state index is 13.2. The highest BCUT2D eigenvalue weighted by Gasteiger charge is 2.22. The van der Waals surface area contributed by atoms with Crippen molar-refractivity contribution < 1.29 is 4.79 Å². The number of carbonyl (C=O) groups excluding carboxylic acids is 1. The molecule has 7 heteroatoms. The van der Waals surface area contributed by atoms with Crippen LogP contribution < -0.4 is 16.0 Å². The van der Waals surface area contributed by atoms with Gasteiger partial charge in [0.25, 0.3) is 0 Å². The molecule has 0 aliphatic heterocycles. The van der Waals surface area contributed by atoms with Crippen molar-refractivity contribution in [2.24, 2.45) is 0 Å². The summed E-state index contributed by atoms with van der Waals surface area (Å²) in [5.74, 6) is -0.117. The third-order valence-corrected chi connectivity index (χ3v) is 6.54. The molecule has 4 aromatic rings. The molecule has 1 atom stereocenters. The van der Waals surface area contributed by atoms with Crippen LogP contribution in [0, 0.1) is 0 Å². The molecule has 0 saturated carbocycles. The molecule has 0 saturated heterocycles. The first-order valence-corrected chi connectivity index (χ1v) is 12.2. The van der Waals surface area contributed by atoms with Gasteiger partial charge in [0, 0.05) is 27.0 Å². The largest absolute Gasteiger partial charge is 0.332 e. The minimum Gasteiger partial charge on any atom is -0.332 e. The minimum atomic E-state index is -0.431. The molecule has 170 valence electrons. The molecule has 0 aliphatic carbocycles. The van der Waals surface area contributed by atoms with Crippen LogP contribution in [0.3, 0.4) is 0 Å². The molecule has 0 heterocycles. The number of rotatable bonds is 7. The molecule has 0 fully saturated rings. The van der Waals surface area contributed by atoms with Gasteiger partial charge in [-0.15, -0.1) is 11.8 Å². The number of para-hydroxylation sites is 1. The van der Waals surface area contributed by atoms with Crippen LogP contribution in [0.2, 0.25) is 5.02 Å². The number of halogens is 1. The van der Waals surface area contributed by atoms with E-state index in [1.54, 1.807) is 12.1 Å². The second-order valence-electron chi connectivity index (χ2n) is 7.38. The highest BCUT2D eigenvalue weighted by molar-refractivity contribution is 8.00. The number of nitrogens with one attached hydrogen (secondary N) is 3. The van der Waals surface area contributed by atoms with Crippen molar-refractivity contribution in [3.8, 4) is 0 Å². The summed E-state index contributed by atoms with van der Waals surface area (Å²) in [5.41, 5.74) is 3.36. The fraction of sp³-hybridized carbons (Fsp3) is 0.0370. The van der Waals surface area contributed by atoms with Gasteiger partial charge in [0.05, 0.1) is 0 Å². The van der Waals surface area contributed by atoms with Gasteiger partial charge < -0.3 is 16.0 Å². The van der Waals surface area contributed by atoms with Gasteiger partial charge in [0.2, 0.25) is 5.91 Å². The molecule has 4 rings (SSSR count). The second-order valence-corrected chi connectivity index (χ2v) is 9.40. The van der Waals surface area contributed by atoms with Gasteiger partial charge in [0.15, 0.2) is 5.11 Å². The Kier molecular flexibility index (Phi) is 8.20. The quantitative estimate of drug-likeness (QED) is 0.179. The fourth-order valence-corrected chi connectivity index (χ4v) is 4.69. The smallest absolute Gasteiger partial charge is 0.242 e. The van der Waals surface area contributed by atoms with Crippen molar-refractivity contribution in [1.82, 2.24) is 0 Å². The van der Waals surface area contributed by atoms with E-state index in [4.69, 9.17) is 23.8 Å². The van der Waals surface area contributed by atoms with Gasteiger partial charge in [-0.1, -0.05) is 66.2 Å². The Morgan fingerprint density at radius 1 is 0.706 bits per heavy atom. The van der Waals surface area contributed by atoms with Crippen LogP contribution >= 0.6 is 35.6 Å². The molecule has 34 heavy (non-hydrogen) atoms. The number of carbonyl (C=O) groups is 1. The van der Waals surface area contributed by atoms with E-state index < -0.39 is 5.25 Å².